The van der Waals surface area contributed by atoms with E-state index in [-0.39, 0.29) is 5.92 Å². The van der Waals surface area contributed by atoms with Gasteiger partial charge in [0.15, 0.2) is 0 Å². The number of hydrogen-bond acceptors (Lipinski definition) is 2. The van der Waals surface area contributed by atoms with Gasteiger partial charge in [0.25, 0.3) is 0 Å². The van der Waals surface area contributed by atoms with Gasteiger partial charge in [-0.3, -0.25) is 0 Å². The minimum absolute atomic E-state index is 0.105. The number of para-hydroxylation sites is 2. The molecule has 2 N–H and O–H groups in total. The summed E-state index contributed by atoms with van der Waals surface area (Å²) in [4.78, 5) is 0. The van der Waals surface area contributed by atoms with Crippen molar-refractivity contribution in [3.63, 3.8) is 0 Å². The Balaban J connectivity index is 1.53. The van der Waals surface area contributed by atoms with Gasteiger partial charge in [-0.05, 0) is 83.6 Å². The molecule has 0 saturated carbocycles. The molecule has 0 spiro atoms. The van der Waals surface area contributed by atoms with Gasteiger partial charge in [-0.2, -0.15) is 0 Å². The van der Waals surface area contributed by atoms with Crippen LogP contribution in [0.15, 0.2) is 128 Å². The van der Waals surface area contributed by atoms with E-state index in [9.17, 15) is 0 Å². The van der Waals surface area contributed by atoms with Crippen LogP contribution in [0, 0.1) is 13.8 Å². The molecule has 0 aliphatic heterocycles. The Kier molecular flexibility index (Phi) is 7.19. The summed E-state index contributed by atoms with van der Waals surface area (Å²) >= 11 is 0. The molecule has 2 heteroatoms. The molecule has 37 heavy (non-hydrogen) atoms. The van der Waals surface area contributed by atoms with Crippen LogP contribution in [-0.2, 0) is 0 Å². The largest absolute Gasteiger partial charge is 0.355 e. The van der Waals surface area contributed by atoms with E-state index in [0.29, 0.717) is 0 Å². The van der Waals surface area contributed by atoms with Gasteiger partial charge >= 0.3 is 0 Å². The number of hydrogen-bond donors (Lipinski definition) is 2. The molecule has 182 valence electrons. The Bertz CT molecular complexity index is 1410. The van der Waals surface area contributed by atoms with Gasteiger partial charge in [-0.1, -0.05) is 97.6 Å². The Morgan fingerprint density at radius 1 is 0.541 bits per heavy atom. The molecule has 0 radical (unpaired) electrons. The molecule has 0 bridgehead atoms. The zero-order valence-electron chi connectivity index (χ0n) is 21.4. The average molecular weight is 481 g/mol. The minimum atomic E-state index is 0.105. The molecule has 2 nitrogen and oxygen atoms in total. The summed E-state index contributed by atoms with van der Waals surface area (Å²) in [5.41, 5.74) is 11.7. The first kappa shape index (κ1) is 24.1. The molecular formula is C35H32N2. The first-order chi connectivity index (χ1) is 18.1. The second kappa shape index (κ2) is 11.0. The van der Waals surface area contributed by atoms with E-state index < -0.39 is 0 Å². The molecule has 0 amide bonds. The van der Waals surface area contributed by atoms with Gasteiger partial charge in [0.1, 0.15) is 0 Å². The third-order valence-corrected chi connectivity index (χ3v) is 6.75. The van der Waals surface area contributed by atoms with Gasteiger partial charge in [-0.15, -0.1) is 0 Å². The quantitative estimate of drug-likeness (QED) is 0.216. The number of rotatable bonds is 8. The smallest absolute Gasteiger partial charge is 0.0414 e. The van der Waals surface area contributed by atoms with Crippen LogP contribution in [0.1, 0.15) is 39.3 Å². The van der Waals surface area contributed by atoms with Crippen LogP contribution in [0.5, 0.6) is 0 Å². The van der Waals surface area contributed by atoms with Crippen molar-refractivity contribution in [1.82, 2.24) is 0 Å². The fourth-order valence-corrected chi connectivity index (χ4v) is 4.81. The van der Waals surface area contributed by atoms with Crippen molar-refractivity contribution in [2.75, 3.05) is 10.6 Å². The van der Waals surface area contributed by atoms with Crippen LogP contribution in [0.25, 0.3) is 6.08 Å². The van der Waals surface area contributed by atoms with Crippen molar-refractivity contribution in [1.29, 1.82) is 0 Å². The minimum Gasteiger partial charge on any atom is -0.355 e. The molecule has 5 aromatic carbocycles. The van der Waals surface area contributed by atoms with Crippen LogP contribution in [0.3, 0.4) is 0 Å². The monoisotopic (exact) mass is 480 g/mol. The molecule has 0 atom stereocenters. The molecule has 0 fully saturated rings. The van der Waals surface area contributed by atoms with E-state index in [4.69, 9.17) is 0 Å². The van der Waals surface area contributed by atoms with E-state index in [1.807, 2.05) is 42.5 Å². The molecule has 0 aliphatic carbocycles. The maximum absolute atomic E-state index is 3.99. The lowest BCUT2D eigenvalue weighted by molar-refractivity contribution is 0.971. The summed E-state index contributed by atoms with van der Waals surface area (Å²) in [6, 6.07) is 42.8. The zero-order valence-corrected chi connectivity index (χ0v) is 21.4. The summed E-state index contributed by atoms with van der Waals surface area (Å²) in [6.07, 6.45) is 1.91. The highest BCUT2D eigenvalue weighted by Gasteiger charge is 2.19. The number of aryl methyl sites for hydroxylation is 2. The van der Waals surface area contributed by atoms with Crippen molar-refractivity contribution in [3.05, 3.63) is 161 Å². The topological polar surface area (TPSA) is 24.1 Å². The van der Waals surface area contributed by atoms with Crippen LogP contribution < -0.4 is 10.6 Å². The molecule has 0 heterocycles. The van der Waals surface area contributed by atoms with Crippen LogP contribution in [0.4, 0.5) is 22.7 Å². The number of anilines is 4. The Hall–Kier alpha value is -4.56. The summed E-state index contributed by atoms with van der Waals surface area (Å²) in [6.45, 7) is 8.33. The summed E-state index contributed by atoms with van der Waals surface area (Å²) in [5, 5.41) is 7.11. The molecule has 5 aromatic rings. The summed E-state index contributed by atoms with van der Waals surface area (Å²) in [5.74, 6) is 0.105. The third-order valence-electron chi connectivity index (χ3n) is 6.75. The van der Waals surface area contributed by atoms with E-state index in [0.717, 1.165) is 28.3 Å². The first-order valence-corrected chi connectivity index (χ1v) is 12.7. The SMILES string of the molecule is C=Cc1cccc(C(c2ccc(Nc3ccccc3)c(C)c2)c2ccc(Nc3ccccc3)c(C)c2)c1. The molecule has 0 aromatic heterocycles. The zero-order chi connectivity index (χ0) is 25.6. The first-order valence-electron chi connectivity index (χ1n) is 12.7. The highest BCUT2D eigenvalue weighted by molar-refractivity contribution is 5.66. The highest BCUT2D eigenvalue weighted by Crippen LogP contribution is 2.36. The second-order valence-corrected chi connectivity index (χ2v) is 9.44. The predicted molar refractivity (Wildman–Crippen MR) is 159 cm³/mol. The van der Waals surface area contributed by atoms with Crippen molar-refractivity contribution in [2.45, 2.75) is 19.8 Å². The Morgan fingerprint density at radius 3 is 1.49 bits per heavy atom. The molecular weight excluding hydrogens is 448 g/mol. The van der Waals surface area contributed by atoms with E-state index >= 15 is 0 Å². The average Bonchev–Trinajstić information content (AvgIpc) is 2.93. The van der Waals surface area contributed by atoms with Crippen molar-refractivity contribution in [3.8, 4) is 0 Å². The fraction of sp³-hybridized carbons (Fsp3) is 0.0857. The van der Waals surface area contributed by atoms with E-state index in [2.05, 4.69) is 116 Å². The Labute approximate surface area is 220 Å². The maximum atomic E-state index is 3.99. The van der Waals surface area contributed by atoms with Gasteiger partial charge in [0.05, 0.1) is 0 Å². The molecule has 0 aliphatic rings. The maximum Gasteiger partial charge on any atom is 0.0414 e. The van der Waals surface area contributed by atoms with Gasteiger partial charge in [-0.25, -0.2) is 0 Å². The van der Waals surface area contributed by atoms with Gasteiger partial charge < -0.3 is 10.6 Å². The lowest BCUT2D eigenvalue weighted by atomic mass is 9.83. The fourth-order valence-electron chi connectivity index (χ4n) is 4.81. The third kappa shape index (κ3) is 5.65. The molecule has 0 saturated heterocycles. The molecule has 0 unspecified atom stereocenters. The highest BCUT2D eigenvalue weighted by atomic mass is 14.9. The summed E-state index contributed by atoms with van der Waals surface area (Å²) in [7, 11) is 0. The number of nitrogens with one attached hydrogen (secondary N) is 2. The number of benzene rings is 5. The normalized spacial score (nSPS) is 10.8. The second-order valence-electron chi connectivity index (χ2n) is 9.44. The van der Waals surface area contributed by atoms with Crippen LogP contribution >= 0.6 is 0 Å². The molecule has 5 rings (SSSR count). The summed E-state index contributed by atoms with van der Waals surface area (Å²) < 4.78 is 0. The van der Waals surface area contributed by atoms with Crippen molar-refractivity contribution in [2.24, 2.45) is 0 Å². The van der Waals surface area contributed by atoms with Gasteiger partial charge in [0, 0.05) is 28.7 Å². The Morgan fingerprint density at radius 2 is 1.03 bits per heavy atom. The standard InChI is InChI=1S/C35H32N2/c1-4-27-12-11-13-28(24-27)35(29-18-20-33(25(2)22-29)36-31-14-7-5-8-15-31)30-19-21-34(26(3)23-30)37-32-16-9-6-10-17-32/h4-24,35-37H,1H2,2-3H3. The van der Waals surface area contributed by atoms with Crippen LogP contribution in [-0.4, -0.2) is 0 Å². The predicted octanol–water partition coefficient (Wildman–Crippen LogP) is 9.61. The van der Waals surface area contributed by atoms with Crippen LogP contribution in [0.2, 0.25) is 0 Å². The van der Waals surface area contributed by atoms with E-state index in [1.54, 1.807) is 0 Å². The van der Waals surface area contributed by atoms with Gasteiger partial charge in [0.2, 0.25) is 0 Å². The van der Waals surface area contributed by atoms with Crippen molar-refractivity contribution >= 4 is 28.8 Å². The lowest BCUT2D eigenvalue weighted by Crippen LogP contribution is -2.06. The lowest BCUT2D eigenvalue weighted by Gasteiger charge is -2.22. The van der Waals surface area contributed by atoms with E-state index in [1.165, 1.54) is 27.8 Å². The van der Waals surface area contributed by atoms with Crippen molar-refractivity contribution < 1.29 is 0 Å².